The molecule has 1 N–H and O–H groups in total. The molecular formula is C19H27N3O3. The van der Waals surface area contributed by atoms with Gasteiger partial charge < -0.3 is 5.32 Å². The van der Waals surface area contributed by atoms with Gasteiger partial charge in [-0.1, -0.05) is 45.7 Å². The van der Waals surface area contributed by atoms with Gasteiger partial charge in [0, 0.05) is 13.1 Å². The third-order valence-electron chi connectivity index (χ3n) is 4.13. The van der Waals surface area contributed by atoms with Crippen LogP contribution < -0.4 is 16.6 Å². The van der Waals surface area contributed by atoms with Gasteiger partial charge in [0.1, 0.15) is 6.54 Å². The minimum Gasteiger partial charge on any atom is -0.354 e. The monoisotopic (exact) mass is 345 g/mol. The highest BCUT2D eigenvalue weighted by molar-refractivity contribution is 5.79. The maximum Gasteiger partial charge on any atom is 0.331 e. The van der Waals surface area contributed by atoms with Crippen molar-refractivity contribution in [2.24, 2.45) is 5.92 Å². The molecule has 0 radical (unpaired) electrons. The maximum atomic E-state index is 12.8. The highest BCUT2D eigenvalue weighted by Gasteiger charge is 2.15. The van der Waals surface area contributed by atoms with Crippen molar-refractivity contribution in [3.63, 3.8) is 0 Å². The molecule has 0 aliphatic rings. The van der Waals surface area contributed by atoms with Gasteiger partial charge in [-0.05, 0) is 24.5 Å². The zero-order chi connectivity index (χ0) is 18.4. The second-order valence-electron chi connectivity index (χ2n) is 6.75. The van der Waals surface area contributed by atoms with Gasteiger partial charge >= 0.3 is 5.69 Å². The van der Waals surface area contributed by atoms with Crippen LogP contribution in [0.1, 0.15) is 40.0 Å². The maximum absolute atomic E-state index is 12.8. The number of fused-ring (bicyclic) bond motifs is 1. The Kier molecular flexibility index (Phi) is 6.56. The summed E-state index contributed by atoms with van der Waals surface area (Å²) in [6.07, 6.45) is 2.91. The Morgan fingerprint density at radius 2 is 1.84 bits per heavy atom. The molecule has 0 aliphatic heterocycles. The van der Waals surface area contributed by atoms with Crippen LogP contribution in [-0.4, -0.2) is 21.6 Å². The number of benzene rings is 1. The van der Waals surface area contributed by atoms with Crippen molar-refractivity contribution < 1.29 is 4.79 Å². The van der Waals surface area contributed by atoms with E-state index < -0.39 is 11.2 Å². The number of nitrogens with one attached hydrogen (secondary N) is 1. The van der Waals surface area contributed by atoms with Gasteiger partial charge in [-0.15, -0.1) is 0 Å². The molecular weight excluding hydrogens is 318 g/mol. The molecule has 0 saturated carbocycles. The average Bonchev–Trinajstić information content (AvgIpc) is 2.60. The van der Waals surface area contributed by atoms with Crippen LogP contribution in [0.25, 0.3) is 10.9 Å². The van der Waals surface area contributed by atoms with Crippen molar-refractivity contribution in [2.45, 2.75) is 53.1 Å². The molecule has 25 heavy (non-hydrogen) atoms. The standard InChI is InChI=1S/C19H27N3O3/c1-4-5-8-11-21-16-10-7-6-9-15(16)18(24)22(19(21)25)13-17(23)20-12-14(2)3/h6-7,9-10,14H,4-5,8,11-13H2,1-3H3,(H,20,23). The van der Waals surface area contributed by atoms with Crippen LogP contribution in [0.2, 0.25) is 0 Å². The van der Waals surface area contributed by atoms with E-state index in [2.05, 4.69) is 12.2 Å². The molecule has 0 aliphatic carbocycles. The molecule has 136 valence electrons. The first-order valence-corrected chi connectivity index (χ1v) is 8.94. The molecule has 0 saturated heterocycles. The number of hydrogen-bond acceptors (Lipinski definition) is 3. The van der Waals surface area contributed by atoms with Crippen LogP contribution in [0.5, 0.6) is 0 Å². The van der Waals surface area contributed by atoms with Crippen molar-refractivity contribution in [1.82, 2.24) is 14.5 Å². The Morgan fingerprint density at radius 1 is 1.12 bits per heavy atom. The summed E-state index contributed by atoms with van der Waals surface area (Å²) >= 11 is 0. The first kappa shape index (κ1) is 19.0. The van der Waals surface area contributed by atoms with Gasteiger partial charge in [-0.25, -0.2) is 4.79 Å². The van der Waals surface area contributed by atoms with E-state index in [-0.39, 0.29) is 12.5 Å². The zero-order valence-corrected chi connectivity index (χ0v) is 15.2. The van der Waals surface area contributed by atoms with Gasteiger partial charge in [-0.2, -0.15) is 0 Å². The molecule has 2 rings (SSSR count). The molecule has 1 amide bonds. The molecule has 0 unspecified atom stereocenters. The van der Waals surface area contributed by atoms with Crippen LogP contribution in [0.3, 0.4) is 0 Å². The molecule has 1 aromatic carbocycles. The lowest BCUT2D eigenvalue weighted by molar-refractivity contribution is -0.121. The largest absolute Gasteiger partial charge is 0.354 e. The smallest absolute Gasteiger partial charge is 0.331 e. The number of nitrogens with zero attached hydrogens (tertiary/aromatic N) is 2. The molecule has 0 bridgehead atoms. The molecule has 6 nitrogen and oxygen atoms in total. The van der Waals surface area contributed by atoms with Gasteiger partial charge in [0.05, 0.1) is 10.9 Å². The number of rotatable bonds is 8. The Bertz CT molecular complexity index is 849. The Hall–Kier alpha value is -2.37. The van der Waals surface area contributed by atoms with Crippen LogP contribution in [0, 0.1) is 5.92 Å². The van der Waals surface area contributed by atoms with E-state index in [1.807, 2.05) is 19.9 Å². The number of carbonyl (C=O) groups excluding carboxylic acids is 1. The molecule has 0 fully saturated rings. The quantitative estimate of drug-likeness (QED) is 0.745. The Morgan fingerprint density at radius 3 is 2.52 bits per heavy atom. The number of aryl methyl sites for hydroxylation is 1. The number of unbranched alkanes of at least 4 members (excludes halogenated alkanes) is 2. The third kappa shape index (κ3) is 4.59. The van der Waals surface area contributed by atoms with E-state index in [1.165, 1.54) is 0 Å². The molecule has 1 aromatic heterocycles. The number of hydrogen-bond donors (Lipinski definition) is 1. The van der Waals surface area contributed by atoms with Crippen molar-refractivity contribution in [2.75, 3.05) is 6.54 Å². The van der Waals surface area contributed by atoms with E-state index >= 15 is 0 Å². The highest BCUT2D eigenvalue weighted by atomic mass is 16.2. The number of aromatic nitrogens is 2. The van der Waals surface area contributed by atoms with Gasteiger partial charge in [-0.3, -0.25) is 18.7 Å². The van der Waals surface area contributed by atoms with E-state index in [9.17, 15) is 14.4 Å². The molecule has 0 atom stereocenters. The Balaban J connectivity index is 2.44. The molecule has 1 heterocycles. The van der Waals surface area contributed by atoms with E-state index in [0.717, 1.165) is 23.8 Å². The minimum atomic E-state index is -0.417. The van der Waals surface area contributed by atoms with Crippen LogP contribution in [0.15, 0.2) is 33.9 Å². The fourth-order valence-corrected chi connectivity index (χ4v) is 2.76. The Labute approximate surface area is 147 Å². The molecule has 6 heteroatoms. The normalized spacial score (nSPS) is 11.2. The summed E-state index contributed by atoms with van der Waals surface area (Å²) < 4.78 is 2.66. The summed E-state index contributed by atoms with van der Waals surface area (Å²) in [5.41, 5.74) is -0.195. The van der Waals surface area contributed by atoms with Crippen LogP contribution >= 0.6 is 0 Å². The van der Waals surface area contributed by atoms with E-state index in [1.54, 1.807) is 22.8 Å². The highest BCUT2D eigenvalue weighted by Crippen LogP contribution is 2.09. The van der Waals surface area contributed by atoms with Crippen molar-refractivity contribution in [1.29, 1.82) is 0 Å². The van der Waals surface area contributed by atoms with Crippen LogP contribution in [-0.2, 0) is 17.9 Å². The van der Waals surface area contributed by atoms with Crippen LogP contribution in [0.4, 0.5) is 0 Å². The fourth-order valence-electron chi connectivity index (χ4n) is 2.76. The lowest BCUT2D eigenvalue weighted by Crippen LogP contribution is -2.44. The lowest BCUT2D eigenvalue weighted by atomic mass is 10.2. The molecule has 0 spiro atoms. The first-order chi connectivity index (χ1) is 12.0. The fraction of sp³-hybridized carbons (Fsp3) is 0.526. The summed E-state index contributed by atoms with van der Waals surface area (Å²) in [5.74, 6) is -0.00809. The third-order valence-corrected chi connectivity index (χ3v) is 4.13. The zero-order valence-electron chi connectivity index (χ0n) is 15.2. The van der Waals surface area contributed by atoms with Crippen molar-refractivity contribution >= 4 is 16.8 Å². The predicted octanol–water partition coefficient (Wildman–Crippen LogP) is 2.13. The van der Waals surface area contributed by atoms with E-state index in [0.29, 0.717) is 29.9 Å². The minimum absolute atomic E-state index is 0.247. The summed E-state index contributed by atoms with van der Waals surface area (Å²) in [6.45, 7) is 6.89. The second kappa shape index (κ2) is 8.65. The average molecular weight is 345 g/mol. The van der Waals surface area contributed by atoms with Gasteiger partial charge in [0.2, 0.25) is 5.91 Å². The summed E-state index contributed by atoms with van der Waals surface area (Å²) in [5, 5.41) is 3.23. The second-order valence-corrected chi connectivity index (χ2v) is 6.75. The lowest BCUT2D eigenvalue weighted by Gasteiger charge is -2.14. The predicted molar refractivity (Wildman–Crippen MR) is 99.8 cm³/mol. The number of para-hydroxylation sites is 1. The van der Waals surface area contributed by atoms with Gasteiger partial charge in [0.25, 0.3) is 5.56 Å². The molecule has 2 aromatic rings. The van der Waals surface area contributed by atoms with E-state index in [4.69, 9.17) is 0 Å². The van der Waals surface area contributed by atoms with Crippen molar-refractivity contribution in [3.05, 3.63) is 45.1 Å². The summed E-state index contributed by atoms with van der Waals surface area (Å²) in [4.78, 5) is 37.6. The topological polar surface area (TPSA) is 73.1 Å². The van der Waals surface area contributed by atoms with Crippen molar-refractivity contribution in [3.8, 4) is 0 Å². The summed E-state index contributed by atoms with van der Waals surface area (Å²) in [7, 11) is 0. The SMILES string of the molecule is CCCCCn1c(=O)n(CC(=O)NCC(C)C)c(=O)c2ccccc21. The van der Waals surface area contributed by atoms with Gasteiger partial charge in [0.15, 0.2) is 0 Å². The summed E-state index contributed by atoms with van der Waals surface area (Å²) in [6, 6.07) is 7.08. The number of amides is 1. The number of carbonyl (C=O) groups is 1. The first-order valence-electron chi connectivity index (χ1n) is 8.94.